The molecule has 2 heterocycles. The van der Waals surface area contributed by atoms with Crippen molar-refractivity contribution in [3.63, 3.8) is 0 Å². The summed E-state index contributed by atoms with van der Waals surface area (Å²) in [5.74, 6) is 1.43. The number of nitrogens with zero attached hydrogens (tertiary/aromatic N) is 3. The molecule has 1 aromatic heterocycles. The van der Waals surface area contributed by atoms with Crippen LogP contribution >= 0.6 is 0 Å². The Morgan fingerprint density at radius 2 is 2.00 bits per heavy atom. The topological polar surface area (TPSA) is 50.3 Å². The minimum atomic E-state index is 0.599. The van der Waals surface area contributed by atoms with E-state index >= 15 is 0 Å². The van der Waals surface area contributed by atoms with E-state index in [1.807, 2.05) is 6.07 Å². The van der Waals surface area contributed by atoms with E-state index in [2.05, 4.69) is 20.2 Å². The van der Waals surface area contributed by atoms with E-state index in [9.17, 15) is 0 Å². The second-order valence-electron chi connectivity index (χ2n) is 4.63. The fourth-order valence-electron chi connectivity index (χ4n) is 2.25. The average molecular weight is 250 g/mol. The first-order chi connectivity index (χ1) is 8.88. The molecule has 0 bridgehead atoms. The van der Waals surface area contributed by atoms with Crippen LogP contribution in [-0.2, 0) is 0 Å². The number of likely N-dealkylation sites (tertiary alicyclic amines) is 1. The number of nitrogens with one attached hydrogen (secondary N) is 1. The number of aromatic nitrogens is 2. The lowest BCUT2D eigenvalue weighted by Crippen LogP contribution is -2.30. The van der Waals surface area contributed by atoms with Crippen molar-refractivity contribution >= 4 is 5.82 Å². The molecule has 100 valence electrons. The van der Waals surface area contributed by atoms with Gasteiger partial charge in [0.1, 0.15) is 12.1 Å². The fourth-order valence-corrected chi connectivity index (χ4v) is 2.25. The number of methoxy groups -OCH3 is 1. The molecule has 5 heteroatoms. The Morgan fingerprint density at radius 1 is 1.22 bits per heavy atom. The van der Waals surface area contributed by atoms with Crippen molar-refractivity contribution in [1.82, 2.24) is 14.9 Å². The zero-order valence-electron chi connectivity index (χ0n) is 11.1. The van der Waals surface area contributed by atoms with Crippen LogP contribution in [0.5, 0.6) is 5.88 Å². The first kappa shape index (κ1) is 13.1. The Hall–Kier alpha value is -1.36. The summed E-state index contributed by atoms with van der Waals surface area (Å²) >= 11 is 0. The summed E-state index contributed by atoms with van der Waals surface area (Å²) in [6.07, 6.45) is 6.95. The second kappa shape index (κ2) is 7.16. The van der Waals surface area contributed by atoms with Gasteiger partial charge < -0.3 is 15.0 Å². The predicted octanol–water partition coefficient (Wildman–Crippen LogP) is 1.77. The van der Waals surface area contributed by atoms with Gasteiger partial charge in [0, 0.05) is 19.2 Å². The highest BCUT2D eigenvalue weighted by molar-refractivity contribution is 5.36. The molecule has 1 fully saturated rings. The number of anilines is 1. The molecule has 18 heavy (non-hydrogen) atoms. The molecule has 0 spiro atoms. The van der Waals surface area contributed by atoms with E-state index < -0.39 is 0 Å². The molecule has 0 saturated carbocycles. The Labute approximate surface area is 109 Å². The molecular formula is C13H22N4O. The van der Waals surface area contributed by atoms with Gasteiger partial charge >= 0.3 is 0 Å². The van der Waals surface area contributed by atoms with E-state index in [0.29, 0.717) is 5.88 Å². The molecule has 2 rings (SSSR count). The smallest absolute Gasteiger partial charge is 0.218 e. The number of ether oxygens (including phenoxy) is 1. The normalized spacial score (nSPS) is 17.2. The summed E-state index contributed by atoms with van der Waals surface area (Å²) in [6, 6.07) is 1.82. The highest BCUT2D eigenvalue weighted by atomic mass is 16.5. The van der Waals surface area contributed by atoms with E-state index in [1.165, 1.54) is 45.1 Å². The van der Waals surface area contributed by atoms with Gasteiger partial charge in [-0.15, -0.1) is 0 Å². The highest BCUT2D eigenvalue weighted by Gasteiger charge is 2.08. The van der Waals surface area contributed by atoms with Crippen molar-refractivity contribution in [2.75, 3.05) is 38.6 Å². The Kier molecular flexibility index (Phi) is 5.20. The summed E-state index contributed by atoms with van der Waals surface area (Å²) in [6.45, 7) is 4.45. The van der Waals surface area contributed by atoms with Gasteiger partial charge in [0.25, 0.3) is 0 Å². The van der Waals surface area contributed by atoms with E-state index in [-0.39, 0.29) is 0 Å². The van der Waals surface area contributed by atoms with E-state index in [4.69, 9.17) is 4.74 Å². The Bertz CT molecular complexity index is 351. The first-order valence-electron chi connectivity index (χ1n) is 6.71. The Morgan fingerprint density at radius 3 is 2.72 bits per heavy atom. The van der Waals surface area contributed by atoms with Gasteiger partial charge in [-0.05, 0) is 25.9 Å². The average Bonchev–Trinajstić information content (AvgIpc) is 2.68. The van der Waals surface area contributed by atoms with Crippen molar-refractivity contribution in [3.05, 3.63) is 12.4 Å². The summed E-state index contributed by atoms with van der Waals surface area (Å²) in [5.41, 5.74) is 0. The predicted molar refractivity (Wildman–Crippen MR) is 72.0 cm³/mol. The van der Waals surface area contributed by atoms with Crippen LogP contribution in [0.25, 0.3) is 0 Å². The van der Waals surface area contributed by atoms with Gasteiger partial charge in [-0.1, -0.05) is 12.8 Å². The maximum atomic E-state index is 5.07. The maximum Gasteiger partial charge on any atom is 0.218 e. The third-order valence-corrected chi connectivity index (χ3v) is 3.28. The van der Waals surface area contributed by atoms with Gasteiger partial charge in [-0.3, -0.25) is 0 Å². The van der Waals surface area contributed by atoms with Crippen LogP contribution in [0.3, 0.4) is 0 Å². The molecule has 1 aromatic rings. The molecule has 0 amide bonds. The fraction of sp³-hybridized carbons (Fsp3) is 0.692. The van der Waals surface area contributed by atoms with Crippen molar-refractivity contribution in [2.45, 2.75) is 25.7 Å². The first-order valence-corrected chi connectivity index (χ1v) is 6.71. The van der Waals surface area contributed by atoms with Gasteiger partial charge in [0.05, 0.1) is 7.11 Å². The quantitative estimate of drug-likeness (QED) is 0.863. The van der Waals surface area contributed by atoms with Crippen LogP contribution < -0.4 is 10.1 Å². The molecule has 1 aliphatic rings. The molecule has 1 aliphatic heterocycles. The van der Waals surface area contributed by atoms with Crippen molar-refractivity contribution < 1.29 is 4.74 Å². The minimum Gasteiger partial charge on any atom is -0.481 e. The molecule has 1 saturated heterocycles. The SMILES string of the molecule is COc1cc(NCCN2CCCCCC2)ncn1. The third kappa shape index (κ3) is 4.14. The summed E-state index contributed by atoms with van der Waals surface area (Å²) in [5, 5.41) is 3.31. The van der Waals surface area contributed by atoms with Gasteiger partial charge in [0.2, 0.25) is 5.88 Å². The largest absolute Gasteiger partial charge is 0.481 e. The van der Waals surface area contributed by atoms with Gasteiger partial charge in [-0.2, -0.15) is 0 Å². The molecule has 0 atom stereocenters. The molecule has 0 unspecified atom stereocenters. The van der Waals surface area contributed by atoms with E-state index in [1.54, 1.807) is 7.11 Å². The zero-order chi connectivity index (χ0) is 12.6. The lowest BCUT2D eigenvalue weighted by molar-refractivity contribution is 0.296. The molecule has 5 nitrogen and oxygen atoms in total. The monoisotopic (exact) mass is 250 g/mol. The molecule has 0 aliphatic carbocycles. The highest BCUT2D eigenvalue weighted by Crippen LogP contribution is 2.11. The van der Waals surface area contributed by atoms with Gasteiger partial charge in [-0.25, -0.2) is 9.97 Å². The number of rotatable bonds is 5. The van der Waals surface area contributed by atoms with Crippen LogP contribution in [0.4, 0.5) is 5.82 Å². The number of hydrogen-bond acceptors (Lipinski definition) is 5. The summed E-state index contributed by atoms with van der Waals surface area (Å²) in [4.78, 5) is 10.7. The molecule has 0 radical (unpaired) electrons. The lowest BCUT2D eigenvalue weighted by Gasteiger charge is -2.19. The van der Waals surface area contributed by atoms with Crippen LogP contribution in [0.15, 0.2) is 12.4 Å². The van der Waals surface area contributed by atoms with Crippen molar-refractivity contribution in [2.24, 2.45) is 0 Å². The Balaban J connectivity index is 1.73. The molecular weight excluding hydrogens is 228 g/mol. The minimum absolute atomic E-state index is 0.599. The van der Waals surface area contributed by atoms with E-state index in [0.717, 1.165) is 18.9 Å². The third-order valence-electron chi connectivity index (χ3n) is 3.28. The lowest BCUT2D eigenvalue weighted by atomic mass is 10.2. The number of hydrogen-bond donors (Lipinski definition) is 1. The van der Waals surface area contributed by atoms with Crippen LogP contribution in [0.1, 0.15) is 25.7 Å². The molecule has 0 aromatic carbocycles. The zero-order valence-corrected chi connectivity index (χ0v) is 11.1. The second-order valence-corrected chi connectivity index (χ2v) is 4.63. The van der Waals surface area contributed by atoms with Gasteiger partial charge in [0.15, 0.2) is 0 Å². The van der Waals surface area contributed by atoms with Crippen LogP contribution in [-0.4, -0.2) is 48.2 Å². The van der Waals surface area contributed by atoms with Crippen molar-refractivity contribution in [1.29, 1.82) is 0 Å². The van der Waals surface area contributed by atoms with Crippen LogP contribution in [0.2, 0.25) is 0 Å². The van der Waals surface area contributed by atoms with Crippen LogP contribution in [0, 0.1) is 0 Å². The summed E-state index contributed by atoms with van der Waals surface area (Å²) in [7, 11) is 1.61. The van der Waals surface area contributed by atoms with Crippen molar-refractivity contribution in [3.8, 4) is 5.88 Å². The standard InChI is InChI=1S/C13H22N4O/c1-18-13-10-12(15-11-16-13)14-6-9-17-7-4-2-3-5-8-17/h10-11H,2-9H2,1H3,(H,14,15,16). The summed E-state index contributed by atoms with van der Waals surface area (Å²) < 4.78 is 5.07. The molecule has 1 N–H and O–H groups in total. The maximum absolute atomic E-state index is 5.07.